The minimum atomic E-state index is -0.802. The molecule has 0 fully saturated rings. The van der Waals surface area contributed by atoms with E-state index in [2.05, 4.69) is 15.2 Å². The van der Waals surface area contributed by atoms with Gasteiger partial charge in [-0.05, 0) is 18.6 Å². The lowest BCUT2D eigenvalue weighted by molar-refractivity contribution is -0.142. The highest BCUT2D eigenvalue weighted by Gasteiger charge is 2.18. The number of nitrogens with zero attached hydrogens (tertiary/aromatic N) is 2. The molecule has 1 N–H and O–H groups in total. The SMILES string of the molecule is COC(=O)[C@H](C)NC(=O)c1ccc(=O)n(Cc2ccccc2)n1. The van der Waals surface area contributed by atoms with Gasteiger partial charge in [-0.25, -0.2) is 9.48 Å². The Morgan fingerprint density at radius 2 is 1.91 bits per heavy atom. The van der Waals surface area contributed by atoms with Gasteiger partial charge in [-0.1, -0.05) is 30.3 Å². The third-order valence-corrected chi connectivity index (χ3v) is 3.18. The molecule has 0 aliphatic heterocycles. The van der Waals surface area contributed by atoms with Crippen LogP contribution < -0.4 is 10.9 Å². The molecule has 0 aliphatic rings. The second-order valence-corrected chi connectivity index (χ2v) is 4.92. The largest absolute Gasteiger partial charge is 0.467 e. The van der Waals surface area contributed by atoms with Gasteiger partial charge < -0.3 is 10.1 Å². The normalized spacial score (nSPS) is 11.6. The molecule has 1 amide bonds. The lowest BCUT2D eigenvalue weighted by Gasteiger charge is -2.12. The molecule has 0 bridgehead atoms. The number of carbonyl (C=O) groups excluding carboxylic acids is 2. The first-order valence-electron chi connectivity index (χ1n) is 7.02. The molecule has 1 heterocycles. The number of hydrogen-bond acceptors (Lipinski definition) is 5. The van der Waals surface area contributed by atoms with Gasteiger partial charge in [0.05, 0.1) is 13.7 Å². The minimum Gasteiger partial charge on any atom is -0.467 e. The fraction of sp³-hybridized carbons (Fsp3) is 0.250. The third kappa shape index (κ3) is 4.26. The molecule has 0 unspecified atom stereocenters. The van der Waals surface area contributed by atoms with Gasteiger partial charge in [-0.15, -0.1) is 0 Å². The van der Waals surface area contributed by atoms with Gasteiger partial charge in [-0.3, -0.25) is 9.59 Å². The van der Waals surface area contributed by atoms with Crippen LogP contribution in [0.5, 0.6) is 0 Å². The Balaban J connectivity index is 2.18. The number of esters is 1. The zero-order valence-corrected chi connectivity index (χ0v) is 12.9. The molecule has 7 heteroatoms. The van der Waals surface area contributed by atoms with Crippen molar-refractivity contribution in [3.05, 3.63) is 64.1 Å². The maximum absolute atomic E-state index is 12.1. The van der Waals surface area contributed by atoms with Crippen molar-refractivity contribution in [2.75, 3.05) is 7.11 Å². The lowest BCUT2D eigenvalue weighted by Crippen LogP contribution is -2.40. The van der Waals surface area contributed by atoms with Crippen molar-refractivity contribution >= 4 is 11.9 Å². The topological polar surface area (TPSA) is 90.3 Å². The summed E-state index contributed by atoms with van der Waals surface area (Å²) >= 11 is 0. The van der Waals surface area contributed by atoms with Gasteiger partial charge in [0.15, 0.2) is 0 Å². The van der Waals surface area contributed by atoms with Crippen molar-refractivity contribution in [2.45, 2.75) is 19.5 Å². The molecule has 0 saturated carbocycles. The van der Waals surface area contributed by atoms with E-state index in [0.717, 1.165) is 5.56 Å². The number of rotatable bonds is 5. The van der Waals surface area contributed by atoms with E-state index in [1.165, 1.54) is 30.8 Å². The first kappa shape index (κ1) is 16.4. The molecule has 1 atom stereocenters. The van der Waals surface area contributed by atoms with Gasteiger partial charge in [-0.2, -0.15) is 5.10 Å². The minimum absolute atomic E-state index is 0.0521. The molecule has 0 saturated heterocycles. The van der Waals surface area contributed by atoms with E-state index in [0.29, 0.717) is 0 Å². The van der Waals surface area contributed by atoms with Crippen molar-refractivity contribution in [1.82, 2.24) is 15.1 Å². The molecule has 2 rings (SSSR count). The molecule has 1 aromatic carbocycles. The summed E-state index contributed by atoms with van der Waals surface area (Å²) in [7, 11) is 1.24. The quantitative estimate of drug-likeness (QED) is 0.815. The number of ether oxygens (including phenoxy) is 1. The molecule has 1 aromatic heterocycles. The number of aromatic nitrogens is 2. The van der Waals surface area contributed by atoms with Crippen LogP contribution in [0.15, 0.2) is 47.3 Å². The van der Waals surface area contributed by atoms with E-state index in [-0.39, 0.29) is 17.8 Å². The predicted molar refractivity (Wildman–Crippen MR) is 83.0 cm³/mol. The summed E-state index contributed by atoms with van der Waals surface area (Å²) in [5.74, 6) is -1.11. The van der Waals surface area contributed by atoms with Gasteiger partial charge in [0.25, 0.3) is 11.5 Å². The smallest absolute Gasteiger partial charge is 0.328 e. The zero-order valence-electron chi connectivity index (χ0n) is 12.9. The van der Waals surface area contributed by atoms with Crippen LogP contribution in [0.4, 0.5) is 0 Å². The molecule has 7 nitrogen and oxygen atoms in total. The Hall–Kier alpha value is -2.96. The Bertz CT molecular complexity index is 755. The number of amides is 1. The number of carbonyl (C=O) groups is 2. The number of nitrogens with one attached hydrogen (secondary N) is 1. The van der Waals surface area contributed by atoms with E-state index in [1.54, 1.807) is 0 Å². The van der Waals surface area contributed by atoms with Crippen LogP contribution >= 0.6 is 0 Å². The monoisotopic (exact) mass is 315 g/mol. The molecular formula is C16H17N3O4. The fourth-order valence-electron chi connectivity index (χ4n) is 1.95. The predicted octanol–water partition coefficient (Wildman–Crippen LogP) is 0.583. The molecule has 0 radical (unpaired) electrons. The second kappa shape index (κ2) is 7.35. The highest BCUT2D eigenvalue weighted by molar-refractivity contribution is 5.94. The van der Waals surface area contributed by atoms with Gasteiger partial charge in [0.1, 0.15) is 11.7 Å². The Labute approximate surface area is 132 Å². The van der Waals surface area contributed by atoms with Gasteiger partial charge in [0.2, 0.25) is 0 Å². The number of methoxy groups -OCH3 is 1. The summed E-state index contributed by atoms with van der Waals surface area (Å²) in [5, 5.41) is 6.51. The summed E-state index contributed by atoms with van der Waals surface area (Å²) in [5.41, 5.74) is 0.630. The molecular weight excluding hydrogens is 298 g/mol. The molecule has 120 valence electrons. The summed E-state index contributed by atoms with van der Waals surface area (Å²) in [6.45, 7) is 1.76. The highest BCUT2D eigenvalue weighted by Crippen LogP contribution is 2.00. The average Bonchev–Trinajstić information content (AvgIpc) is 2.56. The van der Waals surface area contributed by atoms with Crippen LogP contribution in [0, 0.1) is 0 Å². The fourth-order valence-corrected chi connectivity index (χ4v) is 1.95. The molecule has 23 heavy (non-hydrogen) atoms. The van der Waals surface area contributed by atoms with Crippen LogP contribution in [-0.2, 0) is 16.1 Å². The van der Waals surface area contributed by atoms with Gasteiger partial charge >= 0.3 is 5.97 Å². The first-order valence-corrected chi connectivity index (χ1v) is 7.02. The van der Waals surface area contributed by atoms with Crippen LogP contribution in [-0.4, -0.2) is 34.8 Å². The second-order valence-electron chi connectivity index (χ2n) is 4.92. The van der Waals surface area contributed by atoms with E-state index in [1.807, 2.05) is 30.3 Å². The Morgan fingerprint density at radius 1 is 1.22 bits per heavy atom. The zero-order chi connectivity index (χ0) is 16.8. The van der Waals surface area contributed by atoms with Crippen molar-refractivity contribution in [3.8, 4) is 0 Å². The summed E-state index contributed by atoms with van der Waals surface area (Å²) in [6.07, 6.45) is 0. The first-order chi connectivity index (χ1) is 11.0. The molecule has 2 aromatic rings. The molecule has 0 spiro atoms. The Morgan fingerprint density at radius 3 is 2.57 bits per heavy atom. The Kier molecular flexibility index (Phi) is 5.24. The number of hydrogen-bond donors (Lipinski definition) is 1. The summed E-state index contributed by atoms with van der Waals surface area (Å²) in [4.78, 5) is 35.3. The highest BCUT2D eigenvalue weighted by atomic mass is 16.5. The van der Waals surface area contributed by atoms with Crippen molar-refractivity contribution in [2.24, 2.45) is 0 Å². The van der Waals surface area contributed by atoms with E-state index >= 15 is 0 Å². The maximum Gasteiger partial charge on any atom is 0.328 e. The van der Waals surface area contributed by atoms with E-state index in [4.69, 9.17) is 0 Å². The standard InChI is InChI=1S/C16H17N3O4/c1-11(16(22)23-2)17-15(21)13-8-9-14(20)19(18-13)10-12-6-4-3-5-7-12/h3-9,11H,10H2,1-2H3,(H,17,21)/t11-/m0/s1. The summed E-state index contributed by atoms with van der Waals surface area (Å²) in [6, 6.07) is 11.1. The lowest BCUT2D eigenvalue weighted by atomic mass is 10.2. The maximum atomic E-state index is 12.1. The van der Waals surface area contributed by atoms with Gasteiger partial charge in [0, 0.05) is 6.07 Å². The third-order valence-electron chi connectivity index (χ3n) is 3.18. The van der Waals surface area contributed by atoms with Crippen LogP contribution in [0.3, 0.4) is 0 Å². The van der Waals surface area contributed by atoms with Crippen molar-refractivity contribution < 1.29 is 14.3 Å². The van der Waals surface area contributed by atoms with E-state index in [9.17, 15) is 14.4 Å². The average molecular weight is 315 g/mol. The van der Waals surface area contributed by atoms with Crippen LogP contribution in [0.1, 0.15) is 23.0 Å². The number of benzene rings is 1. The molecule has 0 aliphatic carbocycles. The summed E-state index contributed by atoms with van der Waals surface area (Å²) < 4.78 is 5.74. The van der Waals surface area contributed by atoms with Crippen LogP contribution in [0.25, 0.3) is 0 Å². The van der Waals surface area contributed by atoms with Crippen molar-refractivity contribution in [3.63, 3.8) is 0 Å². The van der Waals surface area contributed by atoms with Crippen LogP contribution in [0.2, 0.25) is 0 Å². The van der Waals surface area contributed by atoms with E-state index < -0.39 is 17.9 Å². The van der Waals surface area contributed by atoms with Crippen molar-refractivity contribution in [1.29, 1.82) is 0 Å².